The number of anilines is 1. The lowest BCUT2D eigenvalue weighted by atomic mass is 9.85. The van der Waals surface area contributed by atoms with Gasteiger partial charge in [-0.15, -0.1) is 0 Å². The van der Waals surface area contributed by atoms with Crippen molar-refractivity contribution in [3.05, 3.63) is 51.5 Å². The molecule has 5 rings (SSSR count). The fourth-order valence-electron chi connectivity index (χ4n) is 5.20. The molecule has 1 aliphatic heterocycles. The largest absolute Gasteiger partial charge is 0.274 e. The fourth-order valence-corrected chi connectivity index (χ4v) is 5.50. The van der Waals surface area contributed by atoms with Gasteiger partial charge in [0.15, 0.2) is 0 Å². The summed E-state index contributed by atoms with van der Waals surface area (Å²) in [4.78, 5) is 27.6. The summed E-state index contributed by atoms with van der Waals surface area (Å²) < 4.78 is 0. The number of rotatable bonds is 1. The molecule has 4 aliphatic rings. The highest BCUT2D eigenvalue weighted by Crippen LogP contribution is 2.58. The van der Waals surface area contributed by atoms with Crippen LogP contribution in [0.2, 0.25) is 10.0 Å². The van der Waals surface area contributed by atoms with Crippen LogP contribution in [0.4, 0.5) is 5.69 Å². The van der Waals surface area contributed by atoms with Gasteiger partial charge < -0.3 is 0 Å². The number of nitrogens with zero attached hydrogens (tertiary/aromatic N) is 1. The molecule has 5 heteroatoms. The minimum atomic E-state index is -0.250. The van der Waals surface area contributed by atoms with Crippen LogP contribution in [-0.4, -0.2) is 11.8 Å². The number of carbonyl (C=O) groups is 2. The smallest absolute Gasteiger partial charge is 0.238 e. The predicted octanol–water partition coefficient (Wildman–Crippen LogP) is 4.79. The zero-order valence-corrected chi connectivity index (χ0v) is 15.1. The second kappa shape index (κ2) is 5.46. The van der Waals surface area contributed by atoms with Gasteiger partial charge in [0.05, 0.1) is 27.6 Å². The third-order valence-corrected chi connectivity index (χ3v) is 6.93. The molecule has 1 saturated heterocycles. The second-order valence-corrected chi connectivity index (χ2v) is 8.18. The lowest BCUT2D eigenvalue weighted by Crippen LogP contribution is -2.33. The maximum absolute atomic E-state index is 13.1. The van der Waals surface area contributed by atoms with E-state index in [1.807, 2.05) is 0 Å². The van der Waals surface area contributed by atoms with E-state index in [9.17, 15) is 9.59 Å². The number of allylic oxidation sites excluding steroid dienone is 4. The van der Waals surface area contributed by atoms with Gasteiger partial charge in [-0.05, 0) is 43.9 Å². The van der Waals surface area contributed by atoms with Crippen LogP contribution < -0.4 is 4.90 Å². The van der Waals surface area contributed by atoms with Crippen molar-refractivity contribution in [3.63, 3.8) is 0 Å². The second-order valence-electron chi connectivity index (χ2n) is 7.36. The zero-order chi connectivity index (χ0) is 17.3. The molecule has 3 nitrogen and oxygen atoms in total. The number of hydrogen-bond acceptors (Lipinski definition) is 2. The average molecular weight is 374 g/mol. The van der Waals surface area contributed by atoms with E-state index in [0.29, 0.717) is 15.7 Å². The predicted molar refractivity (Wildman–Crippen MR) is 97.5 cm³/mol. The lowest BCUT2D eigenvalue weighted by molar-refractivity contribution is -0.122. The first-order valence-electron chi connectivity index (χ1n) is 8.81. The SMILES string of the molecule is O=C1[C@H]2[C@H](C(=O)N1c1ccc(Cl)c(Cl)c1)[C@H]1C=C[C@H]2C1=C1CCCC1. The summed E-state index contributed by atoms with van der Waals surface area (Å²) in [6, 6.07) is 4.93. The van der Waals surface area contributed by atoms with Crippen LogP contribution >= 0.6 is 23.2 Å². The van der Waals surface area contributed by atoms with Crippen LogP contribution in [0.3, 0.4) is 0 Å². The van der Waals surface area contributed by atoms with Gasteiger partial charge in [-0.25, -0.2) is 4.90 Å². The standard InChI is InChI=1S/C20H17Cl2NO2/c21-14-8-5-11(9-15(14)22)23-19(24)17-12-6-7-13(18(17)20(23)25)16(12)10-3-1-2-4-10/h5-9,12-13,17-18H,1-4H2/t12-,13-,17+,18+/m0/s1. The molecule has 0 radical (unpaired) electrons. The van der Waals surface area contributed by atoms with Gasteiger partial charge in [-0.3, -0.25) is 9.59 Å². The van der Waals surface area contributed by atoms with E-state index in [0.717, 1.165) is 12.8 Å². The van der Waals surface area contributed by atoms with Gasteiger partial charge in [0.1, 0.15) is 0 Å². The molecule has 1 aromatic rings. The first-order chi connectivity index (χ1) is 12.1. The summed E-state index contributed by atoms with van der Waals surface area (Å²) in [5.41, 5.74) is 3.40. The third-order valence-electron chi connectivity index (χ3n) is 6.19. The molecule has 128 valence electrons. The summed E-state index contributed by atoms with van der Waals surface area (Å²) in [7, 11) is 0. The van der Waals surface area contributed by atoms with E-state index in [2.05, 4.69) is 12.2 Å². The Morgan fingerprint density at radius 3 is 2.04 bits per heavy atom. The Labute approximate surface area is 156 Å². The van der Waals surface area contributed by atoms with Crippen molar-refractivity contribution in [2.75, 3.05) is 4.90 Å². The average Bonchev–Trinajstić information content (AvgIpc) is 3.33. The van der Waals surface area contributed by atoms with Crippen LogP contribution in [0.1, 0.15) is 25.7 Å². The summed E-state index contributed by atoms with van der Waals surface area (Å²) in [5.74, 6) is -0.484. The number of hydrogen-bond donors (Lipinski definition) is 0. The van der Waals surface area contributed by atoms with Crippen molar-refractivity contribution in [1.29, 1.82) is 0 Å². The Bertz CT molecular complexity index is 830. The van der Waals surface area contributed by atoms with E-state index in [-0.39, 0.29) is 35.5 Å². The lowest BCUT2D eigenvalue weighted by Gasteiger charge is -2.20. The molecule has 4 atom stereocenters. The van der Waals surface area contributed by atoms with Crippen molar-refractivity contribution >= 4 is 40.7 Å². The maximum Gasteiger partial charge on any atom is 0.238 e. The highest BCUT2D eigenvalue weighted by molar-refractivity contribution is 6.42. The minimum absolute atomic E-state index is 0.0960. The molecule has 3 fully saturated rings. The number of carbonyl (C=O) groups excluding carboxylic acids is 2. The van der Waals surface area contributed by atoms with Crippen molar-refractivity contribution in [2.24, 2.45) is 23.7 Å². The molecule has 0 N–H and O–H groups in total. The summed E-state index contributed by atoms with van der Waals surface area (Å²) in [6.07, 6.45) is 9.01. The Balaban J connectivity index is 1.55. The monoisotopic (exact) mass is 373 g/mol. The maximum atomic E-state index is 13.1. The molecule has 0 aromatic heterocycles. The van der Waals surface area contributed by atoms with E-state index in [1.54, 1.807) is 18.2 Å². The highest BCUT2D eigenvalue weighted by Gasteiger charge is 2.62. The van der Waals surface area contributed by atoms with Crippen LogP contribution in [0.25, 0.3) is 0 Å². The van der Waals surface area contributed by atoms with Gasteiger partial charge in [0.2, 0.25) is 11.8 Å². The number of benzene rings is 1. The topological polar surface area (TPSA) is 37.4 Å². The van der Waals surface area contributed by atoms with E-state index in [1.165, 1.54) is 28.9 Å². The normalized spacial score (nSPS) is 33.1. The quantitative estimate of drug-likeness (QED) is 0.524. The van der Waals surface area contributed by atoms with Crippen molar-refractivity contribution in [1.82, 2.24) is 0 Å². The zero-order valence-electron chi connectivity index (χ0n) is 13.5. The molecule has 0 unspecified atom stereocenters. The van der Waals surface area contributed by atoms with E-state index < -0.39 is 0 Å². The molecular formula is C20H17Cl2NO2. The molecule has 25 heavy (non-hydrogen) atoms. The number of fused-ring (bicyclic) bond motifs is 5. The number of imide groups is 1. The van der Waals surface area contributed by atoms with Crippen molar-refractivity contribution in [3.8, 4) is 0 Å². The Hall–Kier alpha value is -1.58. The van der Waals surface area contributed by atoms with Gasteiger partial charge >= 0.3 is 0 Å². The van der Waals surface area contributed by atoms with Crippen LogP contribution in [0.5, 0.6) is 0 Å². The molecule has 2 saturated carbocycles. The molecule has 1 aromatic carbocycles. The molecular weight excluding hydrogens is 357 g/mol. The molecule has 3 aliphatic carbocycles. The van der Waals surface area contributed by atoms with Gasteiger partial charge in [-0.1, -0.05) is 46.5 Å². The Kier molecular flexibility index (Phi) is 3.42. The fraction of sp³-hybridized carbons (Fsp3) is 0.400. The summed E-state index contributed by atoms with van der Waals surface area (Å²) >= 11 is 12.1. The minimum Gasteiger partial charge on any atom is -0.274 e. The van der Waals surface area contributed by atoms with Crippen LogP contribution in [0.15, 0.2) is 41.5 Å². The van der Waals surface area contributed by atoms with Crippen molar-refractivity contribution in [2.45, 2.75) is 25.7 Å². The van der Waals surface area contributed by atoms with E-state index in [4.69, 9.17) is 23.2 Å². The van der Waals surface area contributed by atoms with E-state index >= 15 is 0 Å². The third kappa shape index (κ3) is 2.06. The summed E-state index contributed by atoms with van der Waals surface area (Å²) in [5, 5.41) is 0.770. The van der Waals surface area contributed by atoms with Gasteiger partial charge in [-0.2, -0.15) is 0 Å². The molecule has 1 heterocycles. The summed E-state index contributed by atoms with van der Waals surface area (Å²) in [6.45, 7) is 0. The van der Waals surface area contributed by atoms with Gasteiger partial charge in [0, 0.05) is 11.8 Å². The molecule has 2 amide bonds. The molecule has 2 bridgehead atoms. The molecule has 0 spiro atoms. The number of amides is 2. The number of halogens is 2. The highest BCUT2D eigenvalue weighted by atomic mass is 35.5. The first-order valence-corrected chi connectivity index (χ1v) is 9.56. The first kappa shape index (κ1) is 15.7. The Morgan fingerprint density at radius 1 is 0.880 bits per heavy atom. The van der Waals surface area contributed by atoms with Crippen molar-refractivity contribution < 1.29 is 9.59 Å². The van der Waals surface area contributed by atoms with Crippen LogP contribution in [0, 0.1) is 23.7 Å². The van der Waals surface area contributed by atoms with Crippen LogP contribution in [-0.2, 0) is 9.59 Å². The van der Waals surface area contributed by atoms with Gasteiger partial charge in [0.25, 0.3) is 0 Å². The Morgan fingerprint density at radius 2 is 1.48 bits per heavy atom.